The maximum atomic E-state index is 11.9. The van der Waals surface area contributed by atoms with E-state index in [0.29, 0.717) is 16.3 Å². The highest BCUT2D eigenvalue weighted by atomic mass is 35.5. The lowest BCUT2D eigenvalue weighted by molar-refractivity contribution is 0.0891. The Morgan fingerprint density at radius 1 is 1.33 bits per heavy atom. The SMILES string of the molecule is Cn1cnc(C(=O)CC(=O)c2cccc(Cl)c2)c1. The number of ketones is 2. The molecule has 92 valence electrons. The number of carbonyl (C=O) groups excluding carboxylic acids is 2. The molecule has 0 N–H and O–H groups in total. The second-order valence-corrected chi connectivity index (χ2v) is 4.39. The topological polar surface area (TPSA) is 52.0 Å². The molecule has 0 unspecified atom stereocenters. The fourth-order valence-corrected chi connectivity index (χ4v) is 1.75. The van der Waals surface area contributed by atoms with Gasteiger partial charge in [-0.3, -0.25) is 9.59 Å². The molecule has 4 nitrogen and oxygen atoms in total. The van der Waals surface area contributed by atoms with E-state index in [1.807, 2.05) is 0 Å². The minimum Gasteiger partial charge on any atom is -0.340 e. The summed E-state index contributed by atoms with van der Waals surface area (Å²) in [6, 6.07) is 6.55. The van der Waals surface area contributed by atoms with E-state index in [1.165, 1.54) is 6.33 Å². The fourth-order valence-electron chi connectivity index (χ4n) is 1.56. The molecule has 0 aliphatic heterocycles. The lowest BCUT2D eigenvalue weighted by Crippen LogP contribution is -2.09. The van der Waals surface area contributed by atoms with E-state index in [2.05, 4.69) is 4.98 Å². The van der Waals surface area contributed by atoms with Crippen molar-refractivity contribution >= 4 is 23.2 Å². The van der Waals surface area contributed by atoms with Crippen LogP contribution in [-0.2, 0) is 7.05 Å². The average Bonchev–Trinajstić information content (AvgIpc) is 2.76. The van der Waals surface area contributed by atoms with Crippen LogP contribution in [0, 0.1) is 0 Å². The smallest absolute Gasteiger partial charge is 0.190 e. The van der Waals surface area contributed by atoms with E-state index in [0.717, 1.165) is 0 Å². The Kier molecular flexibility index (Phi) is 3.58. The number of nitrogens with zero attached hydrogens (tertiary/aromatic N) is 2. The summed E-state index contributed by atoms with van der Waals surface area (Å²) in [4.78, 5) is 27.6. The highest BCUT2D eigenvalue weighted by molar-refractivity contribution is 6.31. The van der Waals surface area contributed by atoms with Gasteiger partial charge >= 0.3 is 0 Å². The number of Topliss-reactive ketones (excluding diaryl/α,β-unsaturated/α-hetero) is 2. The van der Waals surface area contributed by atoms with Crippen LogP contribution in [-0.4, -0.2) is 21.1 Å². The second-order valence-electron chi connectivity index (χ2n) is 3.96. The Labute approximate surface area is 109 Å². The van der Waals surface area contributed by atoms with Gasteiger partial charge in [0.15, 0.2) is 11.6 Å². The minimum absolute atomic E-state index is 0.197. The van der Waals surface area contributed by atoms with Gasteiger partial charge in [-0.05, 0) is 12.1 Å². The number of aryl methyl sites for hydroxylation is 1. The summed E-state index contributed by atoms with van der Waals surface area (Å²) in [7, 11) is 1.77. The monoisotopic (exact) mass is 262 g/mol. The zero-order valence-corrected chi connectivity index (χ0v) is 10.5. The summed E-state index contributed by atoms with van der Waals surface area (Å²) in [6.07, 6.45) is 2.92. The Balaban J connectivity index is 2.10. The van der Waals surface area contributed by atoms with Gasteiger partial charge in [-0.1, -0.05) is 23.7 Å². The summed E-state index contributed by atoms with van der Waals surface area (Å²) in [5, 5.41) is 0.478. The third-order valence-electron chi connectivity index (χ3n) is 2.46. The van der Waals surface area contributed by atoms with Crippen LogP contribution < -0.4 is 0 Å². The Morgan fingerprint density at radius 2 is 2.11 bits per heavy atom. The first-order valence-electron chi connectivity index (χ1n) is 5.36. The first-order chi connectivity index (χ1) is 8.56. The number of benzene rings is 1. The van der Waals surface area contributed by atoms with E-state index >= 15 is 0 Å². The molecule has 0 atom stereocenters. The zero-order valence-electron chi connectivity index (χ0n) is 9.76. The van der Waals surface area contributed by atoms with Crippen LogP contribution in [0.1, 0.15) is 27.3 Å². The van der Waals surface area contributed by atoms with E-state index < -0.39 is 0 Å². The van der Waals surface area contributed by atoms with Crippen LogP contribution in [0.15, 0.2) is 36.8 Å². The van der Waals surface area contributed by atoms with Gasteiger partial charge < -0.3 is 4.57 Å². The normalized spacial score (nSPS) is 10.3. The Morgan fingerprint density at radius 3 is 2.72 bits per heavy atom. The molecule has 0 radical (unpaired) electrons. The van der Waals surface area contributed by atoms with Crippen LogP contribution in [0.3, 0.4) is 0 Å². The van der Waals surface area contributed by atoms with Crippen LogP contribution in [0.25, 0.3) is 0 Å². The molecule has 5 heteroatoms. The van der Waals surface area contributed by atoms with Gasteiger partial charge in [0.05, 0.1) is 12.7 Å². The van der Waals surface area contributed by atoms with Crippen molar-refractivity contribution in [2.75, 3.05) is 0 Å². The summed E-state index contributed by atoms with van der Waals surface area (Å²) in [5.41, 5.74) is 0.736. The number of rotatable bonds is 4. The Hall–Kier alpha value is -1.94. The molecule has 18 heavy (non-hydrogen) atoms. The lowest BCUT2D eigenvalue weighted by atomic mass is 10.1. The predicted octanol–water partition coefficient (Wildman–Crippen LogP) is 2.53. The summed E-state index contributed by atoms with van der Waals surface area (Å²) >= 11 is 5.79. The van der Waals surface area contributed by atoms with Crippen LogP contribution in [0.4, 0.5) is 0 Å². The van der Waals surface area contributed by atoms with Crippen molar-refractivity contribution in [3.63, 3.8) is 0 Å². The van der Waals surface area contributed by atoms with E-state index in [1.54, 1.807) is 42.1 Å². The van der Waals surface area contributed by atoms with Crippen molar-refractivity contribution in [1.82, 2.24) is 9.55 Å². The molecule has 0 saturated heterocycles. The predicted molar refractivity (Wildman–Crippen MR) is 67.9 cm³/mol. The molecule has 0 aliphatic carbocycles. The van der Waals surface area contributed by atoms with Gasteiger partial charge in [-0.15, -0.1) is 0 Å². The molecule has 1 aromatic heterocycles. The van der Waals surface area contributed by atoms with E-state index in [9.17, 15) is 9.59 Å². The van der Waals surface area contributed by atoms with Crippen LogP contribution in [0.2, 0.25) is 5.02 Å². The number of hydrogen-bond donors (Lipinski definition) is 0. The van der Waals surface area contributed by atoms with Crippen molar-refractivity contribution in [2.24, 2.45) is 7.05 Å². The highest BCUT2D eigenvalue weighted by Gasteiger charge is 2.15. The van der Waals surface area contributed by atoms with E-state index in [-0.39, 0.29) is 18.0 Å². The molecule has 0 saturated carbocycles. The number of halogens is 1. The highest BCUT2D eigenvalue weighted by Crippen LogP contribution is 2.13. The van der Waals surface area contributed by atoms with Crippen molar-refractivity contribution in [3.8, 4) is 0 Å². The quantitative estimate of drug-likeness (QED) is 0.628. The molecular formula is C13H11ClN2O2. The molecule has 1 aromatic carbocycles. The third-order valence-corrected chi connectivity index (χ3v) is 2.69. The molecule has 0 fully saturated rings. The van der Waals surface area contributed by atoms with Crippen molar-refractivity contribution in [1.29, 1.82) is 0 Å². The average molecular weight is 263 g/mol. The first-order valence-corrected chi connectivity index (χ1v) is 5.74. The molecule has 0 amide bonds. The maximum Gasteiger partial charge on any atom is 0.190 e. The molecule has 0 bridgehead atoms. The van der Waals surface area contributed by atoms with Crippen LogP contribution >= 0.6 is 11.6 Å². The summed E-state index contributed by atoms with van der Waals surface area (Å²) in [5.74, 6) is -0.547. The fraction of sp³-hybridized carbons (Fsp3) is 0.154. The van der Waals surface area contributed by atoms with Gasteiger partial charge in [0.2, 0.25) is 0 Å². The van der Waals surface area contributed by atoms with Gasteiger partial charge in [-0.25, -0.2) is 4.98 Å². The third kappa shape index (κ3) is 2.84. The largest absolute Gasteiger partial charge is 0.340 e. The minimum atomic E-state index is -0.291. The second kappa shape index (κ2) is 5.14. The number of imidazole rings is 1. The van der Waals surface area contributed by atoms with Crippen molar-refractivity contribution in [3.05, 3.63) is 53.1 Å². The molecule has 2 rings (SSSR count). The maximum absolute atomic E-state index is 11.9. The van der Waals surface area contributed by atoms with Gasteiger partial charge in [-0.2, -0.15) is 0 Å². The molecule has 2 aromatic rings. The van der Waals surface area contributed by atoms with Crippen molar-refractivity contribution in [2.45, 2.75) is 6.42 Å². The molecule has 0 aliphatic rings. The summed E-state index contributed by atoms with van der Waals surface area (Å²) in [6.45, 7) is 0. The number of hydrogen-bond acceptors (Lipinski definition) is 3. The van der Waals surface area contributed by atoms with Crippen LogP contribution in [0.5, 0.6) is 0 Å². The number of aromatic nitrogens is 2. The summed E-state index contributed by atoms with van der Waals surface area (Å²) < 4.78 is 1.66. The first kappa shape index (κ1) is 12.5. The van der Waals surface area contributed by atoms with Crippen molar-refractivity contribution < 1.29 is 9.59 Å². The standard InChI is InChI=1S/C13H11ClN2O2/c1-16-7-11(15-8-16)13(18)6-12(17)9-3-2-4-10(14)5-9/h2-5,7-8H,6H2,1H3. The van der Waals surface area contributed by atoms with Gasteiger partial charge in [0.25, 0.3) is 0 Å². The van der Waals surface area contributed by atoms with Gasteiger partial charge in [0, 0.05) is 23.8 Å². The molecule has 1 heterocycles. The molecule has 0 spiro atoms. The van der Waals surface area contributed by atoms with Gasteiger partial charge in [0.1, 0.15) is 5.69 Å². The molecular weight excluding hydrogens is 252 g/mol. The number of carbonyl (C=O) groups is 2. The lowest BCUT2D eigenvalue weighted by Gasteiger charge is -1.99. The zero-order chi connectivity index (χ0) is 13.1. The van der Waals surface area contributed by atoms with E-state index in [4.69, 9.17) is 11.6 Å². The Bertz CT molecular complexity index is 605.